The van der Waals surface area contributed by atoms with Crippen LogP contribution in [0.3, 0.4) is 0 Å². The SMILES string of the molecule is Nc1n[nH]c(-c2nc(CC3CCCCO3)no2)n1. The van der Waals surface area contributed by atoms with Crippen molar-refractivity contribution in [1.29, 1.82) is 0 Å². The fourth-order valence-electron chi connectivity index (χ4n) is 1.98. The molecule has 2 aromatic heterocycles. The van der Waals surface area contributed by atoms with E-state index in [0.717, 1.165) is 19.4 Å². The lowest BCUT2D eigenvalue weighted by Crippen LogP contribution is -2.21. The van der Waals surface area contributed by atoms with Crippen LogP contribution in [0.1, 0.15) is 25.1 Å². The molecule has 3 N–H and O–H groups in total. The van der Waals surface area contributed by atoms with Gasteiger partial charge in [0, 0.05) is 13.0 Å². The first-order valence-electron chi connectivity index (χ1n) is 5.94. The van der Waals surface area contributed by atoms with Crippen LogP contribution in [-0.2, 0) is 11.2 Å². The Morgan fingerprint density at radius 2 is 2.28 bits per heavy atom. The summed E-state index contributed by atoms with van der Waals surface area (Å²) in [5.74, 6) is 1.45. The van der Waals surface area contributed by atoms with E-state index >= 15 is 0 Å². The van der Waals surface area contributed by atoms with Crippen LogP contribution in [0.4, 0.5) is 5.95 Å². The summed E-state index contributed by atoms with van der Waals surface area (Å²) in [4.78, 5) is 8.17. The van der Waals surface area contributed by atoms with Crippen LogP contribution in [-0.4, -0.2) is 38.0 Å². The second-order valence-corrected chi connectivity index (χ2v) is 4.25. The van der Waals surface area contributed by atoms with Crippen molar-refractivity contribution < 1.29 is 9.26 Å². The number of rotatable bonds is 3. The van der Waals surface area contributed by atoms with Crippen molar-refractivity contribution in [3.05, 3.63) is 5.82 Å². The number of nitrogens with zero attached hydrogens (tertiary/aromatic N) is 4. The molecule has 1 aliphatic rings. The standard InChI is InChI=1S/C10H14N6O2/c11-10-13-8(14-15-10)9-12-7(16-18-9)5-6-3-1-2-4-17-6/h6H,1-5H2,(H3,11,13,14,15). The highest BCUT2D eigenvalue weighted by Crippen LogP contribution is 2.18. The minimum atomic E-state index is 0.153. The quantitative estimate of drug-likeness (QED) is 0.816. The van der Waals surface area contributed by atoms with Crippen molar-refractivity contribution >= 4 is 5.95 Å². The molecular formula is C10H14N6O2. The normalized spacial score (nSPS) is 20.1. The summed E-state index contributed by atoms with van der Waals surface area (Å²) in [5.41, 5.74) is 5.41. The number of hydrogen-bond acceptors (Lipinski definition) is 7. The number of ether oxygens (including phenoxy) is 1. The summed E-state index contributed by atoms with van der Waals surface area (Å²) in [5, 5.41) is 10.2. The van der Waals surface area contributed by atoms with E-state index in [1.807, 2.05) is 0 Å². The van der Waals surface area contributed by atoms with Crippen molar-refractivity contribution in [3.8, 4) is 11.7 Å². The van der Waals surface area contributed by atoms with Gasteiger partial charge in [0.05, 0.1) is 6.10 Å². The van der Waals surface area contributed by atoms with Crippen LogP contribution in [0.5, 0.6) is 0 Å². The topological polar surface area (TPSA) is 116 Å². The summed E-state index contributed by atoms with van der Waals surface area (Å²) in [6.07, 6.45) is 4.20. The number of hydrogen-bond donors (Lipinski definition) is 2. The number of H-pyrrole nitrogens is 1. The highest BCUT2D eigenvalue weighted by molar-refractivity contribution is 5.41. The third-order valence-corrected chi connectivity index (χ3v) is 2.86. The smallest absolute Gasteiger partial charge is 0.295 e. The summed E-state index contributed by atoms with van der Waals surface area (Å²) >= 11 is 0. The van der Waals surface area contributed by atoms with Gasteiger partial charge >= 0.3 is 0 Å². The molecule has 1 atom stereocenters. The van der Waals surface area contributed by atoms with Crippen molar-refractivity contribution in [3.63, 3.8) is 0 Å². The van der Waals surface area contributed by atoms with Crippen LogP contribution >= 0.6 is 0 Å². The first kappa shape index (κ1) is 11.1. The van der Waals surface area contributed by atoms with Crippen LogP contribution in [0.15, 0.2) is 4.52 Å². The van der Waals surface area contributed by atoms with Crippen molar-refractivity contribution in [2.45, 2.75) is 31.8 Å². The van der Waals surface area contributed by atoms with Gasteiger partial charge < -0.3 is 15.0 Å². The third kappa shape index (κ3) is 2.33. The van der Waals surface area contributed by atoms with Gasteiger partial charge in [-0.1, -0.05) is 5.16 Å². The zero-order valence-electron chi connectivity index (χ0n) is 9.80. The predicted octanol–water partition coefficient (Wildman–Crippen LogP) is 0.548. The Bertz CT molecular complexity index is 516. The first-order valence-corrected chi connectivity index (χ1v) is 5.94. The monoisotopic (exact) mass is 250 g/mol. The zero-order valence-corrected chi connectivity index (χ0v) is 9.80. The first-order chi connectivity index (χ1) is 8.81. The molecule has 0 radical (unpaired) electrons. The second-order valence-electron chi connectivity index (χ2n) is 4.25. The Hall–Kier alpha value is -1.96. The minimum absolute atomic E-state index is 0.153. The van der Waals surface area contributed by atoms with Crippen LogP contribution in [0.2, 0.25) is 0 Å². The maximum atomic E-state index is 5.62. The van der Waals surface area contributed by atoms with E-state index in [4.69, 9.17) is 15.0 Å². The molecule has 0 spiro atoms. The van der Waals surface area contributed by atoms with E-state index in [1.54, 1.807) is 0 Å². The van der Waals surface area contributed by atoms with E-state index in [1.165, 1.54) is 6.42 Å². The van der Waals surface area contributed by atoms with E-state index < -0.39 is 0 Å². The Kier molecular flexibility index (Phi) is 2.93. The fourth-order valence-corrected chi connectivity index (χ4v) is 1.98. The van der Waals surface area contributed by atoms with Crippen molar-refractivity contribution in [1.82, 2.24) is 25.3 Å². The van der Waals surface area contributed by atoms with Crippen LogP contribution in [0, 0.1) is 0 Å². The molecule has 96 valence electrons. The molecule has 1 fully saturated rings. The van der Waals surface area contributed by atoms with Crippen LogP contribution in [0.25, 0.3) is 11.7 Å². The lowest BCUT2D eigenvalue weighted by Gasteiger charge is -2.20. The van der Waals surface area contributed by atoms with E-state index in [0.29, 0.717) is 24.0 Å². The van der Waals surface area contributed by atoms with Gasteiger partial charge in [0.15, 0.2) is 5.82 Å². The Morgan fingerprint density at radius 3 is 3.00 bits per heavy atom. The number of nitrogen functional groups attached to an aromatic ring is 1. The molecule has 0 aliphatic carbocycles. The summed E-state index contributed by atoms with van der Waals surface area (Å²) in [6.45, 7) is 0.814. The average molecular weight is 250 g/mol. The maximum Gasteiger partial charge on any atom is 0.295 e. The molecule has 2 aromatic rings. The number of aromatic amines is 1. The average Bonchev–Trinajstić information content (AvgIpc) is 2.99. The lowest BCUT2D eigenvalue weighted by atomic mass is 10.1. The van der Waals surface area contributed by atoms with E-state index in [-0.39, 0.29) is 12.1 Å². The molecule has 1 unspecified atom stereocenters. The Labute approximate surface area is 103 Å². The van der Waals surface area contributed by atoms with Gasteiger partial charge in [0.2, 0.25) is 11.8 Å². The molecule has 3 rings (SSSR count). The largest absolute Gasteiger partial charge is 0.378 e. The van der Waals surface area contributed by atoms with Crippen molar-refractivity contribution in [2.24, 2.45) is 0 Å². The number of nitrogens with one attached hydrogen (secondary N) is 1. The van der Waals surface area contributed by atoms with E-state index in [9.17, 15) is 0 Å². The molecule has 0 amide bonds. The molecule has 3 heterocycles. The highest BCUT2D eigenvalue weighted by atomic mass is 16.5. The number of aromatic nitrogens is 5. The van der Waals surface area contributed by atoms with E-state index in [2.05, 4.69) is 25.3 Å². The minimum Gasteiger partial charge on any atom is -0.378 e. The van der Waals surface area contributed by atoms with Gasteiger partial charge in [0.1, 0.15) is 0 Å². The maximum absolute atomic E-state index is 5.62. The Balaban J connectivity index is 1.69. The molecule has 8 nitrogen and oxygen atoms in total. The molecule has 8 heteroatoms. The summed E-state index contributed by atoms with van der Waals surface area (Å²) in [7, 11) is 0. The number of nitrogens with two attached hydrogens (primary N) is 1. The van der Waals surface area contributed by atoms with Gasteiger partial charge in [-0.05, 0) is 19.3 Å². The molecule has 1 saturated heterocycles. The molecule has 0 aromatic carbocycles. The molecule has 0 saturated carbocycles. The lowest BCUT2D eigenvalue weighted by molar-refractivity contribution is 0.0153. The van der Waals surface area contributed by atoms with Gasteiger partial charge in [-0.2, -0.15) is 9.97 Å². The highest BCUT2D eigenvalue weighted by Gasteiger charge is 2.19. The van der Waals surface area contributed by atoms with Gasteiger partial charge in [-0.3, -0.25) is 5.10 Å². The summed E-state index contributed by atoms with van der Waals surface area (Å²) in [6, 6.07) is 0. The molecule has 1 aliphatic heterocycles. The molecule has 0 bridgehead atoms. The van der Waals surface area contributed by atoms with Gasteiger partial charge in [-0.25, -0.2) is 0 Å². The molecular weight excluding hydrogens is 236 g/mol. The van der Waals surface area contributed by atoms with Gasteiger partial charge in [0.25, 0.3) is 5.89 Å². The van der Waals surface area contributed by atoms with Gasteiger partial charge in [-0.15, -0.1) is 5.10 Å². The number of anilines is 1. The fraction of sp³-hybridized carbons (Fsp3) is 0.600. The van der Waals surface area contributed by atoms with Crippen LogP contribution < -0.4 is 5.73 Å². The Morgan fingerprint density at radius 1 is 1.33 bits per heavy atom. The summed E-state index contributed by atoms with van der Waals surface area (Å²) < 4.78 is 10.7. The van der Waals surface area contributed by atoms with Crippen molar-refractivity contribution in [2.75, 3.05) is 12.3 Å². The second kappa shape index (κ2) is 4.73. The zero-order chi connectivity index (χ0) is 12.4. The third-order valence-electron chi connectivity index (χ3n) is 2.86. The molecule has 18 heavy (non-hydrogen) atoms. The predicted molar refractivity (Wildman–Crippen MR) is 61.4 cm³/mol.